The van der Waals surface area contributed by atoms with Gasteiger partial charge in [0, 0.05) is 19.6 Å². The summed E-state index contributed by atoms with van der Waals surface area (Å²) in [5.74, 6) is 0.776. The van der Waals surface area contributed by atoms with Crippen molar-refractivity contribution in [1.82, 2.24) is 0 Å². The van der Waals surface area contributed by atoms with Gasteiger partial charge in [-0.2, -0.15) is 0 Å². The molecule has 2 rings (SSSR count). The molecule has 0 radical (unpaired) electrons. The zero-order valence-corrected chi connectivity index (χ0v) is 13.1. The van der Waals surface area contributed by atoms with Crippen LogP contribution in [0.2, 0.25) is 0 Å². The molecule has 21 heavy (non-hydrogen) atoms. The zero-order valence-electron chi connectivity index (χ0n) is 13.1. The Morgan fingerprint density at radius 1 is 1.33 bits per heavy atom. The van der Waals surface area contributed by atoms with Crippen LogP contribution in [-0.2, 0) is 0 Å². The van der Waals surface area contributed by atoms with Gasteiger partial charge >= 0.3 is 5.69 Å². The van der Waals surface area contributed by atoms with Gasteiger partial charge in [-0.1, -0.05) is 13.0 Å². The third-order valence-corrected chi connectivity index (χ3v) is 4.48. The van der Waals surface area contributed by atoms with E-state index in [-0.39, 0.29) is 10.6 Å². The lowest BCUT2D eigenvalue weighted by Gasteiger charge is -2.35. The molecule has 0 heterocycles. The van der Waals surface area contributed by atoms with Crippen LogP contribution in [0.15, 0.2) is 18.2 Å². The van der Waals surface area contributed by atoms with Crippen molar-refractivity contribution in [2.75, 3.05) is 23.8 Å². The lowest BCUT2D eigenvalue weighted by Crippen LogP contribution is -2.35. The number of rotatable bonds is 5. The van der Waals surface area contributed by atoms with Crippen molar-refractivity contribution < 1.29 is 4.92 Å². The molecule has 1 aromatic rings. The monoisotopic (exact) mass is 291 g/mol. The Bertz CT molecular complexity index is 496. The molecule has 0 amide bonds. The topological polar surface area (TPSA) is 58.4 Å². The molecule has 1 aliphatic rings. The molecule has 1 aromatic carbocycles. The Balaban J connectivity index is 2.29. The van der Waals surface area contributed by atoms with E-state index >= 15 is 0 Å². The fraction of sp³-hybridized carbons (Fsp3) is 0.625. The standard InChI is InChI=1S/C16H25N3O2/c1-4-17-14-6-5-7-15(16(14)19(20)21)18(3)13-10-8-12(2)9-11-13/h5-7,12-13,17H,4,8-11H2,1-3H3. The number of benzene rings is 1. The molecule has 1 N–H and O–H groups in total. The van der Waals surface area contributed by atoms with Gasteiger partial charge in [0.1, 0.15) is 11.4 Å². The summed E-state index contributed by atoms with van der Waals surface area (Å²) >= 11 is 0. The SMILES string of the molecule is CCNc1cccc(N(C)C2CCC(C)CC2)c1[N+](=O)[O-]. The molecule has 1 fully saturated rings. The second-order valence-corrected chi connectivity index (χ2v) is 5.99. The Morgan fingerprint density at radius 2 is 2.00 bits per heavy atom. The minimum Gasteiger partial charge on any atom is -0.380 e. The number of para-hydroxylation sites is 1. The van der Waals surface area contributed by atoms with E-state index in [1.807, 2.05) is 26.1 Å². The van der Waals surface area contributed by atoms with E-state index in [2.05, 4.69) is 17.1 Å². The van der Waals surface area contributed by atoms with E-state index in [4.69, 9.17) is 0 Å². The summed E-state index contributed by atoms with van der Waals surface area (Å²) in [5, 5.41) is 14.6. The largest absolute Gasteiger partial charge is 0.380 e. The molecule has 0 spiro atoms. The number of anilines is 2. The molecule has 1 aliphatic carbocycles. The molecule has 116 valence electrons. The lowest BCUT2D eigenvalue weighted by atomic mass is 9.86. The van der Waals surface area contributed by atoms with E-state index in [0.29, 0.717) is 18.3 Å². The van der Waals surface area contributed by atoms with Crippen LogP contribution < -0.4 is 10.2 Å². The normalized spacial score (nSPS) is 21.9. The Morgan fingerprint density at radius 3 is 2.57 bits per heavy atom. The minimum atomic E-state index is -0.269. The predicted octanol–water partition coefficient (Wildman–Crippen LogP) is 4.04. The number of nitrogens with zero attached hydrogens (tertiary/aromatic N) is 2. The van der Waals surface area contributed by atoms with Crippen LogP contribution in [0.25, 0.3) is 0 Å². The Hall–Kier alpha value is -1.78. The number of nitro benzene ring substituents is 1. The zero-order chi connectivity index (χ0) is 15.4. The first-order valence-corrected chi connectivity index (χ1v) is 7.78. The van der Waals surface area contributed by atoms with Gasteiger partial charge in [0.05, 0.1) is 4.92 Å². The second kappa shape index (κ2) is 6.78. The van der Waals surface area contributed by atoms with E-state index in [9.17, 15) is 10.1 Å². The third-order valence-electron chi connectivity index (χ3n) is 4.48. The van der Waals surface area contributed by atoms with Gasteiger partial charge in [0.15, 0.2) is 0 Å². The first-order chi connectivity index (χ1) is 10.0. The second-order valence-electron chi connectivity index (χ2n) is 5.99. The maximum absolute atomic E-state index is 11.5. The van der Waals surface area contributed by atoms with Crippen molar-refractivity contribution in [1.29, 1.82) is 0 Å². The molecule has 0 saturated heterocycles. The number of hydrogen-bond acceptors (Lipinski definition) is 4. The van der Waals surface area contributed by atoms with Gasteiger partial charge in [0.2, 0.25) is 0 Å². The molecule has 5 heteroatoms. The first-order valence-electron chi connectivity index (χ1n) is 7.78. The minimum absolute atomic E-state index is 0.195. The van der Waals surface area contributed by atoms with Gasteiger partial charge in [0.25, 0.3) is 0 Å². The maximum Gasteiger partial charge on any atom is 0.315 e. The number of nitrogens with one attached hydrogen (secondary N) is 1. The predicted molar refractivity (Wildman–Crippen MR) is 87.1 cm³/mol. The van der Waals surface area contributed by atoms with Gasteiger partial charge in [-0.05, 0) is 50.7 Å². The van der Waals surface area contributed by atoms with E-state index in [1.54, 1.807) is 6.07 Å². The van der Waals surface area contributed by atoms with Crippen molar-refractivity contribution >= 4 is 17.1 Å². The number of nitro groups is 1. The maximum atomic E-state index is 11.5. The fourth-order valence-corrected chi connectivity index (χ4v) is 3.17. The summed E-state index contributed by atoms with van der Waals surface area (Å²) in [6, 6.07) is 5.93. The molecule has 5 nitrogen and oxygen atoms in total. The highest BCUT2D eigenvalue weighted by molar-refractivity contribution is 5.77. The van der Waals surface area contributed by atoms with Crippen LogP contribution in [0, 0.1) is 16.0 Å². The Labute approximate surface area is 126 Å². The van der Waals surface area contributed by atoms with E-state index < -0.39 is 0 Å². The van der Waals surface area contributed by atoms with Crippen LogP contribution >= 0.6 is 0 Å². The van der Waals surface area contributed by atoms with Crippen molar-refractivity contribution in [2.45, 2.75) is 45.6 Å². The summed E-state index contributed by atoms with van der Waals surface area (Å²) in [4.78, 5) is 13.3. The van der Waals surface area contributed by atoms with Crippen LogP contribution in [0.1, 0.15) is 39.5 Å². The van der Waals surface area contributed by atoms with Gasteiger partial charge < -0.3 is 10.2 Å². The smallest absolute Gasteiger partial charge is 0.315 e. The summed E-state index contributed by atoms with van der Waals surface area (Å²) in [6.45, 7) is 4.90. The van der Waals surface area contributed by atoms with Crippen molar-refractivity contribution in [3.63, 3.8) is 0 Å². The molecule has 0 bridgehead atoms. The highest BCUT2D eigenvalue weighted by atomic mass is 16.6. The third kappa shape index (κ3) is 3.46. The van der Waals surface area contributed by atoms with E-state index in [1.165, 1.54) is 12.8 Å². The fourth-order valence-electron chi connectivity index (χ4n) is 3.17. The Kier molecular flexibility index (Phi) is 5.04. The summed E-state index contributed by atoms with van der Waals surface area (Å²) < 4.78 is 0. The van der Waals surface area contributed by atoms with Crippen LogP contribution in [0.4, 0.5) is 17.1 Å². The molecular formula is C16H25N3O2. The number of hydrogen-bond donors (Lipinski definition) is 1. The van der Waals surface area contributed by atoms with Gasteiger partial charge in [-0.15, -0.1) is 0 Å². The average molecular weight is 291 g/mol. The van der Waals surface area contributed by atoms with Crippen LogP contribution in [0.5, 0.6) is 0 Å². The van der Waals surface area contributed by atoms with Crippen molar-refractivity contribution in [3.8, 4) is 0 Å². The molecule has 0 unspecified atom stereocenters. The quantitative estimate of drug-likeness (QED) is 0.657. The highest BCUT2D eigenvalue weighted by Gasteiger charge is 2.28. The van der Waals surface area contributed by atoms with Gasteiger partial charge in [-0.25, -0.2) is 0 Å². The van der Waals surface area contributed by atoms with Gasteiger partial charge in [-0.3, -0.25) is 10.1 Å². The molecular weight excluding hydrogens is 266 g/mol. The summed E-state index contributed by atoms with van der Waals surface area (Å²) in [7, 11) is 1.98. The van der Waals surface area contributed by atoms with E-state index in [0.717, 1.165) is 24.4 Å². The van der Waals surface area contributed by atoms with Crippen LogP contribution in [-0.4, -0.2) is 24.6 Å². The van der Waals surface area contributed by atoms with Crippen LogP contribution in [0.3, 0.4) is 0 Å². The molecule has 0 aliphatic heterocycles. The van der Waals surface area contributed by atoms with Crippen molar-refractivity contribution in [3.05, 3.63) is 28.3 Å². The lowest BCUT2D eigenvalue weighted by molar-refractivity contribution is -0.383. The average Bonchev–Trinajstić information content (AvgIpc) is 2.47. The van der Waals surface area contributed by atoms with Crippen molar-refractivity contribution in [2.24, 2.45) is 5.92 Å². The molecule has 0 atom stereocenters. The summed E-state index contributed by atoms with van der Waals surface area (Å²) in [6.07, 6.45) is 4.63. The first kappa shape index (κ1) is 15.6. The molecule has 1 saturated carbocycles. The highest BCUT2D eigenvalue weighted by Crippen LogP contribution is 2.38. The summed E-state index contributed by atoms with van der Waals surface area (Å²) in [5.41, 5.74) is 1.52. The molecule has 0 aromatic heterocycles.